The number of ether oxygens (including phenoxy) is 2. The molecular weight excluding hydrogens is 508 g/mol. The first-order chi connectivity index (χ1) is 18.1. The second-order valence-corrected chi connectivity index (χ2v) is 9.96. The van der Waals surface area contributed by atoms with Crippen molar-refractivity contribution < 1.29 is 59.9 Å². The Morgan fingerprint density at radius 3 is 1.13 bits per heavy atom. The van der Waals surface area contributed by atoms with Crippen LogP contribution < -0.4 is 10.6 Å². The average Bonchev–Trinajstić information content (AvgIpc) is 2.90. The molecule has 14 heteroatoms. The molecule has 0 spiro atoms. The summed E-state index contributed by atoms with van der Waals surface area (Å²) in [5.41, 5.74) is 0. The van der Waals surface area contributed by atoms with Gasteiger partial charge in [-0.15, -0.1) is 0 Å². The predicted octanol–water partition coefficient (Wildman–Crippen LogP) is -3.28. The van der Waals surface area contributed by atoms with Crippen LogP contribution in [0.3, 0.4) is 0 Å². The van der Waals surface area contributed by atoms with Gasteiger partial charge in [-0.3, -0.25) is 9.59 Å². The maximum Gasteiger partial charge on any atom is 0.222 e. The van der Waals surface area contributed by atoms with Crippen LogP contribution in [0.5, 0.6) is 0 Å². The molecule has 10 N–H and O–H groups in total. The van der Waals surface area contributed by atoms with E-state index in [0.29, 0.717) is 12.8 Å². The second kappa shape index (κ2) is 16.6. The number of unbranched alkanes of at least 4 members (excludes halogenated alkanes) is 7. The molecule has 0 bridgehead atoms. The SMILES string of the molecule is O=C(CCCCCCCCCCC(=O)NC1O[C@H](CO)[C@H](O)[C@H](O)[C@H]1O)NC1O[C@H](CO)[C@H](O)[C@H](O)[C@H]1O. The topological polar surface area (TPSA) is 238 Å². The molecule has 14 nitrogen and oxygen atoms in total. The molecule has 2 unspecified atom stereocenters. The Bertz CT molecular complexity index is 654. The number of amides is 2. The zero-order valence-corrected chi connectivity index (χ0v) is 21.5. The van der Waals surface area contributed by atoms with Crippen molar-refractivity contribution in [2.24, 2.45) is 0 Å². The third kappa shape index (κ3) is 9.62. The molecule has 2 heterocycles. The fourth-order valence-electron chi connectivity index (χ4n) is 4.53. The lowest BCUT2D eigenvalue weighted by molar-refractivity contribution is -0.236. The van der Waals surface area contributed by atoms with Crippen LogP contribution in [-0.2, 0) is 19.1 Å². The largest absolute Gasteiger partial charge is 0.394 e. The molecule has 0 aromatic heterocycles. The number of aliphatic hydroxyl groups is 8. The number of carbonyl (C=O) groups excluding carboxylic acids is 2. The first-order valence-corrected chi connectivity index (χ1v) is 13.3. The fraction of sp³-hybridized carbons (Fsp3) is 0.917. The summed E-state index contributed by atoms with van der Waals surface area (Å²) in [5, 5.41) is 82.3. The van der Waals surface area contributed by atoms with Gasteiger partial charge in [-0.25, -0.2) is 0 Å². The third-order valence-electron chi connectivity index (χ3n) is 6.95. The van der Waals surface area contributed by atoms with E-state index in [9.17, 15) is 50.4 Å². The lowest BCUT2D eigenvalue weighted by atomic mass is 9.98. The van der Waals surface area contributed by atoms with E-state index in [4.69, 9.17) is 9.47 Å². The van der Waals surface area contributed by atoms with Gasteiger partial charge in [0.25, 0.3) is 0 Å². The summed E-state index contributed by atoms with van der Waals surface area (Å²) in [7, 11) is 0. The van der Waals surface area contributed by atoms with Crippen molar-refractivity contribution in [3.63, 3.8) is 0 Å². The minimum Gasteiger partial charge on any atom is -0.394 e. The van der Waals surface area contributed by atoms with Crippen LogP contribution in [0.2, 0.25) is 0 Å². The van der Waals surface area contributed by atoms with Crippen molar-refractivity contribution in [3.05, 3.63) is 0 Å². The van der Waals surface area contributed by atoms with Gasteiger partial charge in [0, 0.05) is 12.8 Å². The zero-order valence-electron chi connectivity index (χ0n) is 21.5. The van der Waals surface area contributed by atoms with Gasteiger partial charge in [-0.05, 0) is 12.8 Å². The van der Waals surface area contributed by atoms with E-state index in [2.05, 4.69) is 10.6 Å². The van der Waals surface area contributed by atoms with E-state index >= 15 is 0 Å². The lowest BCUT2D eigenvalue weighted by Gasteiger charge is -2.40. The number of aliphatic hydroxyl groups excluding tert-OH is 8. The number of rotatable bonds is 15. The molecule has 0 radical (unpaired) electrons. The van der Waals surface area contributed by atoms with Gasteiger partial charge < -0.3 is 61.0 Å². The highest BCUT2D eigenvalue weighted by Gasteiger charge is 2.45. The molecule has 0 saturated carbocycles. The van der Waals surface area contributed by atoms with E-state index in [1.807, 2.05) is 0 Å². The van der Waals surface area contributed by atoms with E-state index < -0.39 is 74.5 Å². The molecule has 0 aliphatic carbocycles. The first-order valence-electron chi connectivity index (χ1n) is 13.3. The Morgan fingerprint density at radius 1 is 0.500 bits per heavy atom. The Kier molecular flexibility index (Phi) is 14.3. The molecule has 2 aliphatic rings. The monoisotopic (exact) mass is 552 g/mol. The van der Waals surface area contributed by atoms with Crippen molar-refractivity contribution in [1.82, 2.24) is 10.6 Å². The van der Waals surface area contributed by atoms with Crippen molar-refractivity contribution in [3.8, 4) is 0 Å². The molecule has 0 aromatic rings. The Labute approximate surface area is 221 Å². The molecule has 222 valence electrons. The van der Waals surface area contributed by atoms with Gasteiger partial charge in [0.1, 0.15) is 48.8 Å². The fourth-order valence-corrected chi connectivity index (χ4v) is 4.53. The summed E-state index contributed by atoms with van der Waals surface area (Å²) in [6, 6.07) is 0. The molecule has 2 rings (SSSR count). The van der Waals surface area contributed by atoms with Crippen molar-refractivity contribution in [1.29, 1.82) is 0 Å². The van der Waals surface area contributed by atoms with E-state index in [-0.39, 0.29) is 24.7 Å². The highest BCUT2D eigenvalue weighted by atomic mass is 16.6. The summed E-state index contributed by atoms with van der Waals surface area (Å²) in [4.78, 5) is 24.2. The predicted molar refractivity (Wildman–Crippen MR) is 130 cm³/mol. The summed E-state index contributed by atoms with van der Waals surface area (Å²) in [6.45, 7) is -1.13. The Morgan fingerprint density at radius 2 is 0.816 bits per heavy atom. The standard InChI is InChI=1S/C24H44N2O12/c27-11-13-17(31)19(33)21(35)23(37-13)25-15(29)9-7-5-3-1-2-4-6-8-10-16(30)26-24-22(36)20(34)18(32)14(12-28)38-24/h13-14,17-24,27-28,31-36H,1-12H2,(H,25,29)(H,26,30)/t13-,14-,17+,18+,19+,20+,21-,22-,23?,24?/m1/s1. The van der Waals surface area contributed by atoms with Crippen LogP contribution in [0.1, 0.15) is 64.2 Å². The van der Waals surface area contributed by atoms with Crippen molar-refractivity contribution in [2.45, 2.75) is 125 Å². The second-order valence-electron chi connectivity index (χ2n) is 9.96. The van der Waals surface area contributed by atoms with Crippen molar-refractivity contribution >= 4 is 11.8 Å². The lowest BCUT2D eigenvalue weighted by Crippen LogP contribution is -2.63. The van der Waals surface area contributed by atoms with Crippen LogP contribution in [-0.4, -0.2) is 127 Å². The van der Waals surface area contributed by atoms with E-state index in [0.717, 1.165) is 38.5 Å². The molecule has 2 fully saturated rings. The molecule has 2 saturated heterocycles. The molecule has 2 aliphatic heterocycles. The molecule has 0 aromatic carbocycles. The summed E-state index contributed by atoms with van der Waals surface area (Å²) in [6.07, 6.45) is -6.52. The maximum absolute atomic E-state index is 12.1. The minimum atomic E-state index is -1.54. The molecular formula is C24H44N2O12. The normalized spacial score (nSPS) is 35.6. The van der Waals surface area contributed by atoms with Gasteiger partial charge in [0.05, 0.1) is 13.2 Å². The summed E-state index contributed by atoms with van der Waals surface area (Å²) < 4.78 is 10.5. The van der Waals surface area contributed by atoms with Gasteiger partial charge in [0.15, 0.2) is 12.5 Å². The molecule has 10 atom stereocenters. The number of hydrogen-bond acceptors (Lipinski definition) is 12. The van der Waals surface area contributed by atoms with Crippen LogP contribution in [0, 0.1) is 0 Å². The van der Waals surface area contributed by atoms with Gasteiger partial charge in [-0.1, -0.05) is 38.5 Å². The average molecular weight is 553 g/mol. The quantitative estimate of drug-likeness (QED) is 0.0900. The highest BCUT2D eigenvalue weighted by molar-refractivity contribution is 5.76. The Hall–Kier alpha value is -1.46. The van der Waals surface area contributed by atoms with Crippen LogP contribution in [0.25, 0.3) is 0 Å². The smallest absolute Gasteiger partial charge is 0.222 e. The van der Waals surface area contributed by atoms with Gasteiger partial charge >= 0.3 is 0 Å². The van der Waals surface area contributed by atoms with Crippen LogP contribution >= 0.6 is 0 Å². The first kappa shape index (κ1) is 32.8. The van der Waals surface area contributed by atoms with Gasteiger partial charge in [0.2, 0.25) is 11.8 Å². The summed E-state index contributed by atoms with van der Waals surface area (Å²) in [5.74, 6) is -0.729. The van der Waals surface area contributed by atoms with E-state index in [1.54, 1.807) is 0 Å². The van der Waals surface area contributed by atoms with Crippen molar-refractivity contribution in [2.75, 3.05) is 13.2 Å². The van der Waals surface area contributed by atoms with Gasteiger partial charge in [-0.2, -0.15) is 0 Å². The number of hydrogen-bond donors (Lipinski definition) is 10. The summed E-state index contributed by atoms with van der Waals surface area (Å²) >= 11 is 0. The zero-order chi connectivity index (χ0) is 28.2. The van der Waals surface area contributed by atoms with Crippen LogP contribution in [0.15, 0.2) is 0 Å². The third-order valence-corrected chi connectivity index (χ3v) is 6.95. The number of carbonyl (C=O) groups is 2. The highest BCUT2D eigenvalue weighted by Crippen LogP contribution is 2.21. The molecule has 38 heavy (non-hydrogen) atoms. The van der Waals surface area contributed by atoms with E-state index in [1.165, 1.54) is 0 Å². The Balaban J connectivity index is 1.48. The number of nitrogens with one attached hydrogen (secondary N) is 2. The minimum absolute atomic E-state index is 0.207. The molecule has 2 amide bonds. The van der Waals surface area contributed by atoms with Crippen LogP contribution in [0.4, 0.5) is 0 Å². The maximum atomic E-state index is 12.1.